The van der Waals surface area contributed by atoms with Crippen molar-refractivity contribution in [2.75, 3.05) is 18.5 Å². The van der Waals surface area contributed by atoms with Gasteiger partial charge in [-0.15, -0.1) is 16.4 Å². The van der Waals surface area contributed by atoms with Gasteiger partial charge in [0.25, 0.3) is 5.91 Å². The van der Waals surface area contributed by atoms with Crippen LogP contribution in [0.15, 0.2) is 42.0 Å². The Morgan fingerprint density at radius 2 is 2.27 bits per heavy atom. The molecule has 0 bridgehead atoms. The molecule has 132 valence electrons. The van der Waals surface area contributed by atoms with Crippen molar-refractivity contribution in [2.24, 2.45) is 0 Å². The quantitative estimate of drug-likeness (QED) is 0.736. The molecule has 9 nitrogen and oxygen atoms in total. The largest absolute Gasteiger partial charge is 0.448 e. The Bertz CT molecular complexity index is 939. The molecule has 1 aliphatic heterocycles. The minimum atomic E-state index is -0.316. The van der Waals surface area contributed by atoms with Crippen molar-refractivity contribution in [1.82, 2.24) is 25.1 Å². The molecule has 2 amide bonds. The van der Waals surface area contributed by atoms with Gasteiger partial charge in [-0.25, -0.2) is 4.79 Å². The number of carbonyl (C=O) groups is 2. The summed E-state index contributed by atoms with van der Waals surface area (Å²) in [5.41, 5.74) is 2.18. The van der Waals surface area contributed by atoms with Crippen LogP contribution >= 0.6 is 11.3 Å². The number of hydrogen-bond donors (Lipinski definition) is 1. The molecule has 26 heavy (non-hydrogen) atoms. The van der Waals surface area contributed by atoms with Crippen LogP contribution in [0.3, 0.4) is 0 Å². The fraction of sp³-hybridized carbons (Fsp3) is 0.188. The molecule has 0 saturated carbocycles. The Morgan fingerprint density at radius 3 is 3.04 bits per heavy atom. The van der Waals surface area contributed by atoms with Crippen molar-refractivity contribution in [1.29, 1.82) is 0 Å². The third kappa shape index (κ3) is 3.26. The van der Waals surface area contributed by atoms with E-state index in [0.29, 0.717) is 35.9 Å². The first-order valence-corrected chi connectivity index (χ1v) is 8.71. The van der Waals surface area contributed by atoms with Crippen LogP contribution in [0.5, 0.6) is 0 Å². The van der Waals surface area contributed by atoms with Gasteiger partial charge < -0.3 is 15.0 Å². The molecule has 0 radical (unpaired) electrons. The zero-order chi connectivity index (χ0) is 17.9. The van der Waals surface area contributed by atoms with Crippen molar-refractivity contribution in [3.05, 3.63) is 52.5 Å². The molecule has 3 heterocycles. The molecule has 0 aliphatic carbocycles. The number of carbonyl (C=O) groups excluding carboxylic acids is 2. The van der Waals surface area contributed by atoms with E-state index in [1.54, 1.807) is 22.4 Å². The van der Waals surface area contributed by atoms with Gasteiger partial charge in [0.1, 0.15) is 17.8 Å². The Morgan fingerprint density at radius 1 is 1.35 bits per heavy atom. The third-order valence-electron chi connectivity index (χ3n) is 3.85. The zero-order valence-electron chi connectivity index (χ0n) is 13.5. The van der Waals surface area contributed by atoms with Crippen molar-refractivity contribution in [3.63, 3.8) is 0 Å². The highest BCUT2D eigenvalue weighted by Crippen LogP contribution is 2.22. The smallest absolute Gasteiger partial charge is 0.410 e. The van der Waals surface area contributed by atoms with Crippen LogP contribution in [-0.2, 0) is 11.3 Å². The number of thiophene rings is 1. The molecule has 2 aromatic heterocycles. The Labute approximate surface area is 152 Å². The van der Waals surface area contributed by atoms with E-state index < -0.39 is 0 Å². The van der Waals surface area contributed by atoms with Crippen LogP contribution in [0, 0.1) is 0 Å². The van der Waals surface area contributed by atoms with Crippen LogP contribution in [0.2, 0.25) is 0 Å². The maximum absolute atomic E-state index is 12.6. The Hall–Kier alpha value is -3.27. The van der Waals surface area contributed by atoms with E-state index in [9.17, 15) is 9.59 Å². The number of amides is 2. The lowest BCUT2D eigenvalue weighted by molar-refractivity contribution is 0.103. The summed E-state index contributed by atoms with van der Waals surface area (Å²) in [7, 11) is 0. The number of rotatable bonds is 5. The van der Waals surface area contributed by atoms with Gasteiger partial charge in [0, 0.05) is 12.2 Å². The van der Waals surface area contributed by atoms with Crippen LogP contribution in [0.25, 0.3) is 5.69 Å². The van der Waals surface area contributed by atoms with Crippen LogP contribution in [0.4, 0.5) is 10.5 Å². The second kappa shape index (κ2) is 6.92. The number of cyclic esters (lactones) is 1. The topological polar surface area (TPSA) is 102 Å². The van der Waals surface area contributed by atoms with Gasteiger partial charge in [-0.05, 0) is 39.6 Å². The van der Waals surface area contributed by atoms with Crippen LogP contribution < -0.4 is 5.32 Å². The monoisotopic (exact) mass is 370 g/mol. The van der Waals surface area contributed by atoms with Gasteiger partial charge in [0.05, 0.1) is 12.2 Å². The van der Waals surface area contributed by atoms with Crippen LogP contribution in [0.1, 0.15) is 15.2 Å². The number of benzene rings is 1. The maximum Gasteiger partial charge on any atom is 0.410 e. The highest BCUT2D eigenvalue weighted by Gasteiger charge is 2.22. The van der Waals surface area contributed by atoms with Crippen molar-refractivity contribution in [3.8, 4) is 5.69 Å². The highest BCUT2D eigenvalue weighted by molar-refractivity contribution is 7.12. The molecular weight excluding hydrogens is 356 g/mol. The summed E-state index contributed by atoms with van der Waals surface area (Å²) in [6.07, 6.45) is 1.12. The molecule has 3 aromatic rings. The second-order valence-corrected chi connectivity index (χ2v) is 6.50. The van der Waals surface area contributed by atoms with E-state index in [-0.39, 0.29) is 12.0 Å². The van der Waals surface area contributed by atoms with E-state index in [0.717, 1.165) is 5.56 Å². The predicted octanol–water partition coefficient (Wildman–Crippen LogP) is 1.93. The lowest BCUT2D eigenvalue weighted by Gasteiger charge is -2.13. The summed E-state index contributed by atoms with van der Waals surface area (Å²) in [5, 5.41) is 15.7. The molecule has 1 aromatic carbocycles. The Kier molecular flexibility index (Phi) is 4.32. The molecule has 10 heteroatoms. The first-order chi connectivity index (χ1) is 12.7. The van der Waals surface area contributed by atoms with Gasteiger partial charge in [-0.1, -0.05) is 12.1 Å². The number of hydrogen-bond acceptors (Lipinski definition) is 7. The SMILES string of the molecule is O=C(Nc1cccc(CN2CCOC2=O)c1)c1sccc1-n1cnnn1. The number of aromatic nitrogens is 4. The van der Waals surface area contributed by atoms with Gasteiger partial charge in [-0.3, -0.25) is 4.79 Å². The number of anilines is 1. The fourth-order valence-electron chi connectivity index (χ4n) is 2.65. The first-order valence-electron chi connectivity index (χ1n) is 7.83. The van der Waals surface area contributed by atoms with Crippen molar-refractivity contribution < 1.29 is 14.3 Å². The number of nitrogens with zero attached hydrogens (tertiary/aromatic N) is 5. The van der Waals surface area contributed by atoms with E-state index in [1.165, 1.54) is 22.3 Å². The second-order valence-electron chi connectivity index (χ2n) is 5.58. The summed E-state index contributed by atoms with van der Waals surface area (Å²) >= 11 is 1.31. The van der Waals surface area contributed by atoms with E-state index in [2.05, 4.69) is 20.8 Å². The molecule has 0 atom stereocenters. The molecule has 1 fully saturated rings. The Balaban J connectivity index is 1.49. The molecule has 4 rings (SSSR count). The number of tetrazole rings is 1. The van der Waals surface area contributed by atoms with Gasteiger partial charge in [-0.2, -0.15) is 4.68 Å². The summed E-state index contributed by atoms with van der Waals surface area (Å²) < 4.78 is 6.38. The van der Waals surface area contributed by atoms with Gasteiger partial charge in [0.2, 0.25) is 0 Å². The van der Waals surface area contributed by atoms with Gasteiger partial charge in [0.15, 0.2) is 0 Å². The number of nitrogens with one attached hydrogen (secondary N) is 1. The first kappa shape index (κ1) is 16.2. The summed E-state index contributed by atoms with van der Waals surface area (Å²) in [4.78, 5) is 26.3. The van der Waals surface area contributed by atoms with E-state index in [1.807, 2.05) is 18.2 Å². The maximum atomic E-state index is 12.6. The molecule has 1 saturated heterocycles. The molecular formula is C16H14N6O3S. The standard InChI is InChI=1S/C16H14N6O3S/c23-15(14-13(4-7-26-14)22-10-17-19-20-22)18-12-3-1-2-11(8-12)9-21-5-6-25-16(21)24/h1-4,7-8,10H,5-6,9H2,(H,18,23). The lowest BCUT2D eigenvalue weighted by Crippen LogP contribution is -2.23. The third-order valence-corrected chi connectivity index (χ3v) is 4.75. The molecule has 1 N–H and O–H groups in total. The molecule has 0 unspecified atom stereocenters. The summed E-state index contributed by atoms with van der Waals surface area (Å²) in [6.45, 7) is 1.42. The summed E-state index contributed by atoms with van der Waals surface area (Å²) in [6, 6.07) is 9.16. The zero-order valence-corrected chi connectivity index (χ0v) is 14.3. The van der Waals surface area contributed by atoms with E-state index in [4.69, 9.17) is 4.74 Å². The average Bonchev–Trinajstić information content (AvgIpc) is 3.36. The predicted molar refractivity (Wildman–Crippen MR) is 93.2 cm³/mol. The average molecular weight is 370 g/mol. The fourth-order valence-corrected chi connectivity index (χ4v) is 3.42. The van der Waals surface area contributed by atoms with Gasteiger partial charge >= 0.3 is 6.09 Å². The van der Waals surface area contributed by atoms with Crippen molar-refractivity contribution >= 4 is 29.0 Å². The van der Waals surface area contributed by atoms with Crippen LogP contribution in [-0.4, -0.2) is 50.3 Å². The normalized spacial score (nSPS) is 13.7. The molecule has 1 aliphatic rings. The highest BCUT2D eigenvalue weighted by atomic mass is 32.1. The number of ether oxygens (including phenoxy) is 1. The van der Waals surface area contributed by atoms with E-state index >= 15 is 0 Å². The summed E-state index contributed by atoms with van der Waals surface area (Å²) in [5.74, 6) is -0.247. The minimum absolute atomic E-state index is 0.247. The molecule has 0 spiro atoms. The minimum Gasteiger partial charge on any atom is -0.448 e. The van der Waals surface area contributed by atoms with Crippen molar-refractivity contribution in [2.45, 2.75) is 6.54 Å². The lowest BCUT2D eigenvalue weighted by atomic mass is 10.2.